The molecule has 2 aromatic rings. The molecule has 0 aliphatic carbocycles. The van der Waals surface area contributed by atoms with E-state index in [9.17, 15) is 9.59 Å². The van der Waals surface area contributed by atoms with Crippen LogP contribution in [-0.4, -0.2) is 31.6 Å². The smallest absolute Gasteiger partial charge is 0.243 e. The second-order valence-corrected chi connectivity index (χ2v) is 6.31. The van der Waals surface area contributed by atoms with E-state index in [1.54, 1.807) is 0 Å². The maximum Gasteiger partial charge on any atom is 0.243 e. The van der Waals surface area contributed by atoms with Gasteiger partial charge in [-0.25, -0.2) is 0 Å². The molecule has 6 nitrogen and oxygen atoms in total. The second kappa shape index (κ2) is 9.07. The highest BCUT2D eigenvalue weighted by Gasteiger charge is 2.13. The number of hydrogen-bond acceptors (Lipinski definition) is 4. The molecule has 0 radical (unpaired) electrons. The number of rotatable bonds is 7. The average molecular weight is 368 g/mol. The second-order valence-electron chi connectivity index (χ2n) is 6.31. The number of carbonyl (C=O) groups is 2. The summed E-state index contributed by atoms with van der Waals surface area (Å²) in [6, 6.07) is 13.3. The van der Waals surface area contributed by atoms with Crippen molar-refractivity contribution < 1.29 is 19.1 Å². The van der Waals surface area contributed by atoms with Gasteiger partial charge in [-0.15, -0.1) is 0 Å². The molecular weight excluding hydrogens is 344 g/mol. The number of fused-ring (bicyclic) bond motifs is 1. The highest BCUT2D eigenvalue weighted by atomic mass is 16.6. The van der Waals surface area contributed by atoms with Crippen molar-refractivity contribution in [2.75, 3.05) is 25.1 Å². The van der Waals surface area contributed by atoms with Gasteiger partial charge in [-0.05, 0) is 42.2 Å². The quantitative estimate of drug-likeness (QED) is 0.788. The fraction of sp³-hybridized carbons (Fsp3) is 0.333. The predicted octanol–water partition coefficient (Wildman–Crippen LogP) is 2.71. The minimum Gasteiger partial charge on any atom is -0.486 e. The van der Waals surface area contributed by atoms with Crippen molar-refractivity contribution in [3.63, 3.8) is 0 Å². The van der Waals surface area contributed by atoms with Crippen LogP contribution < -0.4 is 20.1 Å². The Kier molecular flexibility index (Phi) is 6.30. The van der Waals surface area contributed by atoms with Crippen molar-refractivity contribution >= 4 is 17.5 Å². The Bertz CT molecular complexity index is 820. The van der Waals surface area contributed by atoms with Crippen molar-refractivity contribution in [2.45, 2.75) is 26.2 Å². The number of amides is 2. The molecule has 2 aromatic carbocycles. The molecule has 1 heterocycles. The van der Waals surface area contributed by atoms with Crippen LogP contribution in [0, 0.1) is 0 Å². The van der Waals surface area contributed by atoms with Gasteiger partial charge in [0, 0.05) is 12.1 Å². The summed E-state index contributed by atoms with van der Waals surface area (Å²) in [6.45, 7) is 3.08. The SMILES string of the molecule is CCc1ccccc1NC(=O)CNC(=O)CCc1ccc2c(c1)OCCO2. The van der Waals surface area contributed by atoms with Gasteiger partial charge in [-0.2, -0.15) is 0 Å². The maximum absolute atomic E-state index is 12.1. The van der Waals surface area contributed by atoms with Gasteiger partial charge in [0.05, 0.1) is 6.54 Å². The Labute approximate surface area is 158 Å². The highest BCUT2D eigenvalue weighted by molar-refractivity contribution is 5.95. The van der Waals surface area contributed by atoms with Crippen molar-refractivity contribution in [1.29, 1.82) is 0 Å². The number of aryl methyl sites for hydroxylation is 2. The topological polar surface area (TPSA) is 76.7 Å². The summed E-state index contributed by atoms with van der Waals surface area (Å²) in [6.07, 6.45) is 1.71. The van der Waals surface area contributed by atoms with Crippen LogP contribution in [0.25, 0.3) is 0 Å². The van der Waals surface area contributed by atoms with Gasteiger partial charge in [-0.3, -0.25) is 9.59 Å². The molecule has 0 fully saturated rings. The molecule has 0 atom stereocenters. The van der Waals surface area contributed by atoms with E-state index in [-0.39, 0.29) is 18.4 Å². The molecule has 0 saturated carbocycles. The lowest BCUT2D eigenvalue weighted by atomic mass is 10.1. The zero-order valence-electron chi connectivity index (χ0n) is 15.4. The number of carbonyl (C=O) groups excluding carboxylic acids is 2. The van der Waals surface area contributed by atoms with Crippen LogP contribution in [0.15, 0.2) is 42.5 Å². The van der Waals surface area contributed by atoms with Gasteiger partial charge < -0.3 is 20.1 Å². The van der Waals surface area contributed by atoms with Gasteiger partial charge in [0.1, 0.15) is 13.2 Å². The van der Waals surface area contributed by atoms with Crippen LogP contribution in [0.2, 0.25) is 0 Å². The third kappa shape index (κ3) is 5.23. The van der Waals surface area contributed by atoms with E-state index in [1.165, 1.54) is 0 Å². The van der Waals surface area contributed by atoms with Gasteiger partial charge in [0.15, 0.2) is 11.5 Å². The molecule has 2 N–H and O–H groups in total. The van der Waals surface area contributed by atoms with Crippen LogP contribution >= 0.6 is 0 Å². The molecule has 0 bridgehead atoms. The fourth-order valence-corrected chi connectivity index (χ4v) is 2.91. The Morgan fingerprint density at radius 3 is 2.59 bits per heavy atom. The third-order valence-corrected chi connectivity index (χ3v) is 4.37. The molecule has 6 heteroatoms. The Morgan fingerprint density at radius 2 is 1.78 bits per heavy atom. The zero-order chi connectivity index (χ0) is 19.1. The minimum absolute atomic E-state index is 0.0436. The summed E-state index contributed by atoms with van der Waals surface area (Å²) in [5, 5.41) is 5.51. The fourth-order valence-electron chi connectivity index (χ4n) is 2.91. The normalized spacial score (nSPS) is 12.3. The predicted molar refractivity (Wildman–Crippen MR) is 103 cm³/mol. The summed E-state index contributed by atoms with van der Waals surface area (Å²) in [5.74, 6) is 1.05. The molecule has 3 rings (SSSR count). The molecule has 27 heavy (non-hydrogen) atoms. The first-order valence-corrected chi connectivity index (χ1v) is 9.18. The molecule has 0 unspecified atom stereocenters. The molecular formula is C21H24N2O4. The summed E-state index contributed by atoms with van der Waals surface area (Å²) < 4.78 is 11.0. The molecule has 0 aromatic heterocycles. The highest BCUT2D eigenvalue weighted by Crippen LogP contribution is 2.31. The first-order chi connectivity index (χ1) is 13.2. The molecule has 2 amide bonds. The molecule has 1 aliphatic heterocycles. The van der Waals surface area contributed by atoms with Crippen LogP contribution in [0.1, 0.15) is 24.5 Å². The summed E-state index contributed by atoms with van der Waals surface area (Å²) in [5.41, 5.74) is 2.85. The Balaban J connectivity index is 1.43. The number of ether oxygens (including phenoxy) is 2. The van der Waals surface area contributed by atoms with Crippen LogP contribution in [0.5, 0.6) is 11.5 Å². The summed E-state index contributed by atoms with van der Waals surface area (Å²) in [7, 11) is 0. The molecule has 1 aliphatic rings. The largest absolute Gasteiger partial charge is 0.486 e. The minimum atomic E-state index is -0.233. The van der Waals surface area contributed by atoms with Crippen LogP contribution in [-0.2, 0) is 22.4 Å². The van der Waals surface area contributed by atoms with Crippen molar-refractivity contribution in [2.24, 2.45) is 0 Å². The Hall–Kier alpha value is -3.02. The average Bonchev–Trinajstić information content (AvgIpc) is 2.71. The number of para-hydroxylation sites is 1. The summed E-state index contributed by atoms with van der Waals surface area (Å²) in [4.78, 5) is 24.1. The Morgan fingerprint density at radius 1 is 1.00 bits per heavy atom. The van der Waals surface area contributed by atoms with Gasteiger partial charge in [0.25, 0.3) is 0 Å². The van der Waals surface area contributed by atoms with E-state index in [4.69, 9.17) is 9.47 Å². The van der Waals surface area contributed by atoms with E-state index in [2.05, 4.69) is 10.6 Å². The number of nitrogens with one attached hydrogen (secondary N) is 2. The first-order valence-electron chi connectivity index (χ1n) is 9.18. The zero-order valence-corrected chi connectivity index (χ0v) is 15.4. The van der Waals surface area contributed by atoms with Crippen molar-refractivity contribution in [3.05, 3.63) is 53.6 Å². The van der Waals surface area contributed by atoms with E-state index < -0.39 is 0 Å². The molecule has 0 saturated heterocycles. The van der Waals surface area contributed by atoms with Crippen LogP contribution in [0.4, 0.5) is 5.69 Å². The maximum atomic E-state index is 12.1. The standard InChI is InChI=1S/C21H24N2O4/c1-2-16-5-3-4-6-17(16)23-21(25)14-22-20(24)10-8-15-7-9-18-19(13-15)27-12-11-26-18/h3-7,9,13H,2,8,10-12,14H2,1H3,(H,22,24)(H,23,25). The van der Waals surface area contributed by atoms with E-state index in [1.807, 2.05) is 49.4 Å². The van der Waals surface area contributed by atoms with E-state index in [0.717, 1.165) is 29.0 Å². The van der Waals surface area contributed by atoms with Crippen molar-refractivity contribution in [1.82, 2.24) is 5.32 Å². The summed E-state index contributed by atoms with van der Waals surface area (Å²) >= 11 is 0. The van der Waals surface area contributed by atoms with Crippen LogP contribution in [0.3, 0.4) is 0 Å². The lowest BCUT2D eigenvalue weighted by Gasteiger charge is -2.18. The monoisotopic (exact) mass is 368 g/mol. The molecule has 142 valence electrons. The van der Waals surface area contributed by atoms with Crippen molar-refractivity contribution in [3.8, 4) is 11.5 Å². The van der Waals surface area contributed by atoms with E-state index in [0.29, 0.717) is 31.8 Å². The van der Waals surface area contributed by atoms with Gasteiger partial charge >= 0.3 is 0 Å². The van der Waals surface area contributed by atoms with E-state index >= 15 is 0 Å². The first kappa shape index (κ1) is 18.8. The molecule has 0 spiro atoms. The number of hydrogen-bond donors (Lipinski definition) is 2. The third-order valence-electron chi connectivity index (χ3n) is 4.37. The lowest BCUT2D eigenvalue weighted by molar-refractivity contribution is -0.124. The number of anilines is 1. The number of benzene rings is 2. The van der Waals surface area contributed by atoms with Gasteiger partial charge in [0.2, 0.25) is 11.8 Å². The van der Waals surface area contributed by atoms with Gasteiger partial charge in [-0.1, -0.05) is 31.2 Å². The lowest BCUT2D eigenvalue weighted by Crippen LogP contribution is -2.33.